The molecule has 1 amide bonds. The number of hydrogen-bond donors (Lipinski definition) is 0. The minimum absolute atomic E-state index is 0.0709. The van der Waals surface area contributed by atoms with Gasteiger partial charge in [-0.3, -0.25) is 19.1 Å². The molecular weight excluding hydrogens is 328 g/mol. The zero-order chi connectivity index (χ0) is 17.9. The fourth-order valence-electron chi connectivity index (χ4n) is 3.40. The second kappa shape index (κ2) is 7.07. The number of aromatic nitrogens is 3. The summed E-state index contributed by atoms with van der Waals surface area (Å²) in [5.74, 6) is 0.0709. The van der Waals surface area contributed by atoms with Gasteiger partial charge in [-0.25, -0.2) is 4.98 Å². The van der Waals surface area contributed by atoms with Crippen LogP contribution in [0.25, 0.3) is 10.9 Å². The molecule has 3 aromatic rings. The number of carbonyl (C=O) groups excluding carboxylic acids is 1. The van der Waals surface area contributed by atoms with Crippen molar-refractivity contribution in [3.05, 3.63) is 70.5 Å². The van der Waals surface area contributed by atoms with Crippen molar-refractivity contribution in [1.29, 1.82) is 0 Å². The van der Waals surface area contributed by atoms with Crippen LogP contribution in [0.5, 0.6) is 0 Å². The maximum Gasteiger partial charge on any atom is 0.261 e. The van der Waals surface area contributed by atoms with Gasteiger partial charge >= 0.3 is 0 Å². The molecule has 0 atom stereocenters. The summed E-state index contributed by atoms with van der Waals surface area (Å²) < 4.78 is 1.56. The second-order valence-electron chi connectivity index (χ2n) is 6.62. The van der Waals surface area contributed by atoms with Crippen molar-refractivity contribution < 1.29 is 4.79 Å². The Morgan fingerprint density at radius 1 is 1.12 bits per heavy atom. The summed E-state index contributed by atoms with van der Waals surface area (Å²) in [6.07, 6.45) is 8.03. The average Bonchev–Trinajstić information content (AvgIpc) is 2.71. The molecule has 3 heterocycles. The fourth-order valence-corrected chi connectivity index (χ4v) is 3.40. The predicted octanol–water partition coefficient (Wildman–Crippen LogP) is 2.47. The van der Waals surface area contributed by atoms with Crippen LogP contribution in [-0.2, 0) is 6.54 Å². The molecule has 1 aliphatic rings. The van der Waals surface area contributed by atoms with Crippen molar-refractivity contribution in [3.8, 4) is 0 Å². The van der Waals surface area contributed by atoms with Gasteiger partial charge in [0, 0.05) is 24.8 Å². The Hall–Kier alpha value is -3.02. The summed E-state index contributed by atoms with van der Waals surface area (Å²) in [5.41, 5.74) is 2.06. The molecule has 0 N–H and O–H groups in total. The van der Waals surface area contributed by atoms with Crippen LogP contribution < -0.4 is 5.56 Å². The quantitative estimate of drug-likeness (QED) is 0.729. The normalized spacial score (nSPS) is 14.5. The van der Waals surface area contributed by atoms with Crippen molar-refractivity contribution in [2.24, 2.45) is 0 Å². The lowest BCUT2D eigenvalue weighted by Crippen LogP contribution is -2.35. The lowest BCUT2D eigenvalue weighted by atomic mass is 10.1. The summed E-state index contributed by atoms with van der Waals surface area (Å²) in [6.45, 7) is 2.03. The molecule has 0 saturated carbocycles. The average molecular weight is 348 g/mol. The van der Waals surface area contributed by atoms with Gasteiger partial charge in [-0.1, -0.05) is 12.1 Å². The number of amides is 1. The van der Waals surface area contributed by atoms with E-state index in [0.717, 1.165) is 31.5 Å². The van der Waals surface area contributed by atoms with Gasteiger partial charge in [0.2, 0.25) is 0 Å². The molecule has 2 aromatic heterocycles. The Morgan fingerprint density at radius 2 is 1.96 bits per heavy atom. The lowest BCUT2D eigenvalue weighted by molar-refractivity contribution is 0.0724. The van der Waals surface area contributed by atoms with E-state index in [1.807, 2.05) is 29.2 Å². The van der Waals surface area contributed by atoms with Crippen molar-refractivity contribution in [3.63, 3.8) is 0 Å². The highest BCUT2D eigenvalue weighted by Gasteiger charge is 2.18. The number of benzene rings is 1. The third-order valence-electron chi connectivity index (χ3n) is 4.80. The van der Waals surface area contributed by atoms with Gasteiger partial charge in [-0.2, -0.15) is 0 Å². The summed E-state index contributed by atoms with van der Waals surface area (Å²) in [4.78, 5) is 35.5. The molecule has 6 heteroatoms. The Kier molecular flexibility index (Phi) is 4.48. The molecule has 1 aromatic carbocycles. The van der Waals surface area contributed by atoms with Crippen LogP contribution in [0.2, 0.25) is 0 Å². The Balaban J connectivity index is 1.60. The Labute approximate surface area is 151 Å². The number of pyridine rings is 1. The van der Waals surface area contributed by atoms with Gasteiger partial charge in [0.15, 0.2) is 0 Å². The molecular formula is C20H20N4O2. The summed E-state index contributed by atoms with van der Waals surface area (Å²) in [6, 6.07) is 9.19. The first kappa shape index (κ1) is 16.4. The zero-order valence-corrected chi connectivity index (χ0v) is 14.5. The zero-order valence-electron chi connectivity index (χ0n) is 14.5. The molecule has 1 aliphatic heterocycles. The molecule has 132 valence electrons. The number of carbonyl (C=O) groups is 1. The smallest absolute Gasteiger partial charge is 0.261 e. The first-order valence-corrected chi connectivity index (χ1v) is 8.90. The minimum atomic E-state index is -0.106. The molecule has 4 rings (SSSR count). The van der Waals surface area contributed by atoms with Crippen LogP contribution in [0.15, 0.2) is 53.8 Å². The Bertz CT molecular complexity index is 1010. The minimum Gasteiger partial charge on any atom is -0.339 e. The second-order valence-corrected chi connectivity index (χ2v) is 6.62. The SMILES string of the molecule is O=C(c1cccc(Cn2cnc3cnccc3c2=O)c1)N1CCCCC1. The van der Waals surface area contributed by atoms with E-state index in [1.165, 1.54) is 12.7 Å². The van der Waals surface area contributed by atoms with Crippen molar-refractivity contribution in [1.82, 2.24) is 19.4 Å². The number of likely N-dealkylation sites (tertiary alicyclic amines) is 1. The van der Waals surface area contributed by atoms with Crippen LogP contribution in [0.4, 0.5) is 0 Å². The Morgan fingerprint density at radius 3 is 2.81 bits per heavy atom. The predicted molar refractivity (Wildman–Crippen MR) is 99.1 cm³/mol. The topological polar surface area (TPSA) is 68.1 Å². The van der Waals surface area contributed by atoms with Gasteiger partial charge < -0.3 is 4.90 Å². The highest BCUT2D eigenvalue weighted by molar-refractivity contribution is 5.94. The van der Waals surface area contributed by atoms with Crippen molar-refractivity contribution >= 4 is 16.8 Å². The van der Waals surface area contributed by atoms with Gasteiger partial charge in [-0.05, 0) is 43.0 Å². The number of piperidine rings is 1. The van der Waals surface area contributed by atoms with E-state index in [1.54, 1.807) is 23.0 Å². The van der Waals surface area contributed by atoms with Gasteiger partial charge in [0.25, 0.3) is 11.5 Å². The third-order valence-corrected chi connectivity index (χ3v) is 4.80. The number of nitrogens with zero attached hydrogens (tertiary/aromatic N) is 4. The maximum atomic E-state index is 12.7. The fraction of sp³-hybridized carbons (Fsp3) is 0.300. The maximum absolute atomic E-state index is 12.7. The monoisotopic (exact) mass is 348 g/mol. The van der Waals surface area contributed by atoms with Crippen LogP contribution in [0.1, 0.15) is 35.2 Å². The van der Waals surface area contributed by atoms with Gasteiger partial charge in [0.05, 0.1) is 30.0 Å². The van der Waals surface area contributed by atoms with Crippen LogP contribution in [0.3, 0.4) is 0 Å². The molecule has 0 unspecified atom stereocenters. The highest BCUT2D eigenvalue weighted by atomic mass is 16.2. The van der Waals surface area contributed by atoms with E-state index >= 15 is 0 Å². The number of fused-ring (bicyclic) bond motifs is 1. The van der Waals surface area contributed by atoms with E-state index in [-0.39, 0.29) is 11.5 Å². The summed E-state index contributed by atoms with van der Waals surface area (Å²) in [5, 5.41) is 0.544. The molecule has 0 bridgehead atoms. The van der Waals surface area contributed by atoms with Crippen LogP contribution >= 0.6 is 0 Å². The molecule has 0 radical (unpaired) electrons. The first-order chi connectivity index (χ1) is 12.7. The lowest BCUT2D eigenvalue weighted by Gasteiger charge is -2.26. The van der Waals surface area contributed by atoms with E-state index in [9.17, 15) is 9.59 Å². The highest BCUT2D eigenvalue weighted by Crippen LogP contribution is 2.15. The number of rotatable bonds is 3. The van der Waals surface area contributed by atoms with Gasteiger partial charge in [-0.15, -0.1) is 0 Å². The number of hydrogen-bond acceptors (Lipinski definition) is 4. The van der Waals surface area contributed by atoms with Crippen LogP contribution in [-0.4, -0.2) is 38.4 Å². The molecule has 6 nitrogen and oxygen atoms in total. The first-order valence-electron chi connectivity index (χ1n) is 8.90. The van der Waals surface area contributed by atoms with E-state index in [2.05, 4.69) is 9.97 Å². The summed E-state index contributed by atoms with van der Waals surface area (Å²) >= 11 is 0. The summed E-state index contributed by atoms with van der Waals surface area (Å²) in [7, 11) is 0. The van der Waals surface area contributed by atoms with E-state index in [4.69, 9.17) is 0 Å². The van der Waals surface area contributed by atoms with Crippen LogP contribution in [0, 0.1) is 0 Å². The standard InChI is InChI=1S/C20H20N4O2/c25-19(23-9-2-1-3-10-23)16-6-4-5-15(11-16)13-24-14-22-18-12-21-8-7-17(18)20(24)26/h4-8,11-12,14H,1-3,9-10,13H2. The van der Waals surface area contributed by atoms with E-state index < -0.39 is 0 Å². The largest absolute Gasteiger partial charge is 0.339 e. The third kappa shape index (κ3) is 3.22. The molecule has 0 aliphatic carbocycles. The van der Waals surface area contributed by atoms with Crippen molar-refractivity contribution in [2.75, 3.05) is 13.1 Å². The molecule has 1 saturated heterocycles. The van der Waals surface area contributed by atoms with Gasteiger partial charge in [0.1, 0.15) is 0 Å². The molecule has 26 heavy (non-hydrogen) atoms. The van der Waals surface area contributed by atoms with E-state index in [0.29, 0.717) is 23.0 Å². The van der Waals surface area contributed by atoms with Crippen molar-refractivity contribution in [2.45, 2.75) is 25.8 Å². The molecule has 0 spiro atoms. The molecule has 1 fully saturated rings.